The van der Waals surface area contributed by atoms with E-state index in [2.05, 4.69) is 0 Å². The second-order valence-corrected chi connectivity index (χ2v) is 8.63. The summed E-state index contributed by atoms with van der Waals surface area (Å²) in [4.78, 5) is 29.0. The van der Waals surface area contributed by atoms with E-state index in [1.54, 1.807) is 35.2 Å². The van der Waals surface area contributed by atoms with Crippen LogP contribution in [0, 0.1) is 6.92 Å². The SMILES string of the molecule is COc1cc(C2c3c(oc4ccc(C)cc4c3=O)C(=O)N2Cc2ccc3c(c2)OCO3)ccc1O. The zero-order valence-electron chi connectivity index (χ0n) is 19.0. The molecule has 1 N–H and O–H groups in total. The molecule has 1 atom stereocenters. The number of nitrogens with zero attached hydrogens (tertiary/aromatic N) is 1. The molecule has 3 heterocycles. The highest BCUT2D eigenvalue weighted by Gasteiger charge is 2.43. The van der Waals surface area contributed by atoms with Crippen LogP contribution < -0.4 is 19.6 Å². The molecule has 2 aliphatic heterocycles. The van der Waals surface area contributed by atoms with Crippen molar-refractivity contribution in [2.75, 3.05) is 13.9 Å². The average molecular weight is 471 g/mol. The van der Waals surface area contributed by atoms with Crippen LogP contribution in [0.2, 0.25) is 0 Å². The van der Waals surface area contributed by atoms with E-state index in [1.807, 2.05) is 25.1 Å². The summed E-state index contributed by atoms with van der Waals surface area (Å²) in [5.74, 6) is 1.07. The largest absolute Gasteiger partial charge is 0.504 e. The minimum absolute atomic E-state index is 0.0177. The summed E-state index contributed by atoms with van der Waals surface area (Å²) < 4.78 is 22.2. The van der Waals surface area contributed by atoms with E-state index >= 15 is 0 Å². The van der Waals surface area contributed by atoms with Crippen molar-refractivity contribution in [2.24, 2.45) is 0 Å². The molecule has 8 nitrogen and oxygen atoms in total. The first-order valence-electron chi connectivity index (χ1n) is 11.1. The topological polar surface area (TPSA) is 98.4 Å². The number of hydrogen-bond acceptors (Lipinski definition) is 7. The van der Waals surface area contributed by atoms with Crippen molar-refractivity contribution in [3.05, 3.63) is 92.8 Å². The Morgan fingerprint density at radius 3 is 2.69 bits per heavy atom. The van der Waals surface area contributed by atoms with E-state index in [-0.39, 0.29) is 41.6 Å². The molecule has 1 amide bonds. The number of ether oxygens (including phenoxy) is 3. The molecule has 0 saturated carbocycles. The van der Waals surface area contributed by atoms with Crippen LogP contribution in [0.25, 0.3) is 11.0 Å². The number of carbonyl (C=O) groups excluding carboxylic acids is 1. The number of aromatic hydroxyl groups is 1. The van der Waals surface area contributed by atoms with Gasteiger partial charge in [0.1, 0.15) is 5.58 Å². The quantitative estimate of drug-likeness (QED) is 0.474. The maximum Gasteiger partial charge on any atom is 0.291 e. The van der Waals surface area contributed by atoms with Crippen LogP contribution in [0.4, 0.5) is 0 Å². The second kappa shape index (κ2) is 7.80. The fourth-order valence-electron chi connectivity index (χ4n) is 4.74. The van der Waals surface area contributed by atoms with Gasteiger partial charge in [-0.3, -0.25) is 9.59 Å². The molecule has 1 unspecified atom stereocenters. The van der Waals surface area contributed by atoms with E-state index in [0.29, 0.717) is 28.0 Å². The van der Waals surface area contributed by atoms with Crippen LogP contribution >= 0.6 is 0 Å². The Bertz CT molecular complexity index is 1570. The summed E-state index contributed by atoms with van der Waals surface area (Å²) in [6, 6.07) is 14.8. The molecule has 6 rings (SSSR count). The van der Waals surface area contributed by atoms with Crippen LogP contribution in [0.5, 0.6) is 23.0 Å². The van der Waals surface area contributed by atoms with E-state index < -0.39 is 11.9 Å². The monoisotopic (exact) mass is 471 g/mol. The summed E-state index contributed by atoms with van der Waals surface area (Å²) in [6.45, 7) is 2.24. The molecule has 3 aromatic carbocycles. The average Bonchev–Trinajstić information content (AvgIpc) is 3.43. The predicted molar refractivity (Wildman–Crippen MR) is 126 cm³/mol. The van der Waals surface area contributed by atoms with Crippen LogP contribution in [-0.4, -0.2) is 29.8 Å². The van der Waals surface area contributed by atoms with Crippen molar-refractivity contribution in [1.82, 2.24) is 4.90 Å². The number of aryl methyl sites for hydroxylation is 1. The van der Waals surface area contributed by atoms with Gasteiger partial charge in [0.05, 0.1) is 24.1 Å². The van der Waals surface area contributed by atoms with E-state index in [9.17, 15) is 14.7 Å². The Morgan fingerprint density at radius 1 is 1.03 bits per heavy atom. The van der Waals surface area contributed by atoms with Gasteiger partial charge in [-0.05, 0) is 54.4 Å². The molecule has 4 aromatic rings. The summed E-state index contributed by atoms with van der Waals surface area (Å²) in [6.07, 6.45) is 0. The minimum Gasteiger partial charge on any atom is -0.504 e. The number of phenols is 1. The molecule has 8 heteroatoms. The summed E-state index contributed by atoms with van der Waals surface area (Å²) in [5, 5.41) is 10.5. The number of amides is 1. The molecule has 0 bridgehead atoms. The van der Waals surface area contributed by atoms with Crippen LogP contribution in [0.3, 0.4) is 0 Å². The number of hydrogen-bond donors (Lipinski definition) is 1. The van der Waals surface area contributed by atoms with Crippen molar-refractivity contribution in [2.45, 2.75) is 19.5 Å². The van der Waals surface area contributed by atoms with Crippen molar-refractivity contribution in [1.29, 1.82) is 0 Å². The van der Waals surface area contributed by atoms with Gasteiger partial charge in [-0.2, -0.15) is 0 Å². The zero-order valence-corrected chi connectivity index (χ0v) is 19.0. The van der Waals surface area contributed by atoms with Crippen molar-refractivity contribution in [3.63, 3.8) is 0 Å². The number of fused-ring (bicyclic) bond motifs is 3. The van der Waals surface area contributed by atoms with Crippen molar-refractivity contribution < 1.29 is 28.5 Å². The Balaban J connectivity index is 1.54. The molecule has 0 spiro atoms. The van der Waals surface area contributed by atoms with E-state index in [4.69, 9.17) is 18.6 Å². The lowest BCUT2D eigenvalue weighted by molar-refractivity contribution is 0.0714. The van der Waals surface area contributed by atoms with Gasteiger partial charge in [0.15, 0.2) is 28.4 Å². The highest BCUT2D eigenvalue weighted by atomic mass is 16.7. The fraction of sp³-hybridized carbons (Fsp3) is 0.185. The number of methoxy groups -OCH3 is 1. The van der Waals surface area contributed by atoms with Gasteiger partial charge in [-0.1, -0.05) is 23.8 Å². The van der Waals surface area contributed by atoms with Gasteiger partial charge >= 0.3 is 0 Å². The normalized spacial score (nSPS) is 16.1. The van der Waals surface area contributed by atoms with Gasteiger partial charge in [0.25, 0.3) is 5.91 Å². The standard InChI is InChI=1S/C27H21NO7/c1-14-3-7-19-17(9-14)25(30)23-24(16-5-6-18(29)21(11-16)32-2)28(27(31)26(23)35-19)12-15-4-8-20-22(10-15)34-13-33-20/h3-11,24,29H,12-13H2,1-2H3. The number of carbonyl (C=O) groups is 1. The Morgan fingerprint density at radius 2 is 1.86 bits per heavy atom. The fourth-order valence-corrected chi connectivity index (χ4v) is 4.74. The Kier molecular flexibility index (Phi) is 4.70. The predicted octanol–water partition coefficient (Wildman–Crippen LogP) is 4.29. The van der Waals surface area contributed by atoms with Gasteiger partial charge in [-0.15, -0.1) is 0 Å². The van der Waals surface area contributed by atoms with Crippen molar-refractivity contribution >= 4 is 16.9 Å². The molecule has 2 aliphatic rings. The van der Waals surface area contributed by atoms with Crippen LogP contribution in [0.1, 0.15) is 38.9 Å². The third kappa shape index (κ3) is 3.29. The van der Waals surface area contributed by atoms with E-state index in [1.165, 1.54) is 13.2 Å². The first-order chi connectivity index (χ1) is 16.9. The van der Waals surface area contributed by atoms with Gasteiger partial charge < -0.3 is 28.6 Å². The molecule has 0 saturated heterocycles. The minimum atomic E-state index is -0.737. The van der Waals surface area contributed by atoms with Gasteiger partial charge in [0.2, 0.25) is 12.6 Å². The number of phenolic OH excluding ortho intramolecular Hbond substituents is 1. The lowest BCUT2D eigenvalue weighted by Crippen LogP contribution is -2.29. The molecular weight excluding hydrogens is 450 g/mol. The molecule has 35 heavy (non-hydrogen) atoms. The maximum absolute atomic E-state index is 13.7. The summed E-state index contributed by atoms with van der Waals surface area (Å²) in [5.41, 5.74) is 2.70. The number of benzene rings is 3. The first-order valence-corrected chi connectivity index (χ1v) is 11.1. The molecule has 176 valence electrons. The highest BCUT2D eigenvalue weighted by molar-refractivity contribution is 5.99. The Labute approximate surface area is 199 Å². The van der Waals surface area contributed by atoms with Gasteiger partial charge in [-0.25, -0.2) is 0 Å². The second-order valence-electron chi connectivity index (χ2n) is 8.63. The lowest BCUT2D eigenvalue weighted by atomic mass is 9.97. The highest BCUT2D eigenvalue weighted by Crippen LogP contribution is 2.42. The summed E-state index contributed by atoms with van der Waals surface area (Å²) in [7, 11) is 1.45. The maximum atomic E-state index is 13.7. The first kappa shape index (κ1) is 21.1. The number of rotatable bonds is 4. The summed E-state index contributed by atoms with van der Waals surface area (Å²) >= 11 is 0. The third-order valence-electron chi connectivity index (χ3n) is 6.43. The van der Waals surface area contributed by atoms with Crippen LogP contribution in [-0.2, 0) is 6.54 Å². The van der Waals surface area contributed by atoms with E-state index in [0.717, 1.165) is 11.1 Å². The molecule has 0 aliphatic carbocycles. The lowest BCUT2D eigenvalue weighted by Gasteiger charge is -2.25. The Hall–Kier alpha value is -4.46. The van der Waals surface area contributed by atoms with Crippen LogP contribution in [0.15, 0.2) is 63.8 Å². The smallest absolute Gasteiger partial charge is 0.291 e. The zero-order chi connectivity index (χ0) is 24.3. The molecule has 1 aromatic heterocycles. The van der Waals surface area contributed by atoms with Crippen molar-refractivity contribution in [3.8, 4) is 23.0 Å². The molecule has 0 radical (unpaired) electrons. The van der Waals surface area contributed by atoms with Gasteiger partial charge in [0, 0.05) is 6.54 Å². The molecule has 0 fully saturated rings. The third-order valence-corrected chi connectivity index (χ3v) is 6.43. The molecular formula is C27H21NO7.